The number of carbonyl (C=O) groups excluding carboxylic acids is 1. The molecule has 4 aromatic carbocycles. The van der Waals surface area contributed by atoms with E-state index in [9.17, 15) is 14.7 Å². The minimum absolute atomic E-state index is 0.0508. The average Bonchev–Trinajstić information content (AvgIpc) is 3.05. The molecule has 1 N–H and O–H groups in total. The first kappa shape index (κ1) is 19.1. The maximum atomic E-state index is 13.5. The van der Waals surface area contributed by atoms with Crippen molar-refractivity contribution in [1.82, 2.24) is 0 Å². The summed E-state index contributed by atoms with van der Waals surface area (Å²) in [6, 6.07) is 29.1. The number of rotatable bonds is 5. The van der Waals surface area contributed by atoms with Crippen molar-refractivity contribution < 1.29 is 14.7 Å². The van der Waals surface area contributed by atoms with Gasteiger partial charge in [0.05, 0.1) is 18.0 Å². The molecule has 1 amide bonds. The highest BCUT2D eigenvalue weighted by atomic mass is 16.4. The van der Waals surface area contributed by atoms with Gasteiger partial charge in [-0.3, -0.25) is 4.79 Å². The van der Waals surface area contributed by atoms with Crippen molar-refractivity contribution in [2.24, 2.45) is 0 Å². The summed E-state index contributed by atoms with van der Waals surface area (Å²) in [7, 11) is 0. The largest absolute Gasteiger partial charge is 0.478 e. The van der Waals surface area contributed by atoms with Crippen molar-refractivity contribution in [3.63, 3.8) is 0 Å². The Labute approximate surface area is 180 Å². The van der Waals surface area contributed by atoms with Gasteiger partial charge in [0.1, 0.15) is 0 Å². The molecule has 1 heterocycles. The fourth-order valence-corrected chi connectivity index (χ4v) is 4.50. The van der Waals surface area contributed by atoms with E-state index in [1.165, 1.54) is 0 Å². The summed E-state index contributed by atoms with van der Waals surface area (Å²) >= 11 is 0. The Morgan fingerprint density at radius 2 is 1.61 bits per heavy atom. The molecule has 0 bridgehead atoms. The summed E-state index contributed by atoms with van der Waals surface area (Å²) in [6.07, 6.45) is 0.475. The van der Waals surface area contributed by atoms with Crippen molar-refractivity contribution in [1.29, 1.82) is 0 Å². The molecule has 0 saturated carbocycles. The van der Waals surface area contributed by atoms with Crippen LogP contribution in [0.5, 0.6) is 0 Å². The van der Waals surface area contributed by atoms with Crippen molar-refractivity contribution in [3.8, 4) is 0 Å². The van der Waals surface area contributed by atoms with E-state index in [0.29, 0.717) is 13.0 Å². The third-order valence-corrected chi connectivity index (χ3v) is 5.99. The molecule has 31 heavy (non-hydrogen) atoms. The van der Waals surface area contributed by atoms with Gasteiger partial charge in [-0.25, -0.2) is 4.79 Å². The second-order valence-corrected chi connectivity index (χ2v) is 7.88. The number of anilines is 1. The minimum atomic E-state index is -0.961. The Balaban J connectivity index is 1.50. The molecule has 1 aliphatic rings. The fraction of sp³-hybridized carbons (Fsp3) is 0.111. The number of nitrogens with zero attached hydrogens (tertiary/aromatic N) is 1. The molecule has 1 atom stereocenters. The number of carboxylic acids is 1. The summed E-state index contributed by atoms with van der Waals surface area (Å²) < 4.78 is 0. The number of aromatic carboxylic acids is 1. The number of carboxylic acid groups (broad SMARTS) is 1. The molecule has 1 unspecified atom stereocenters. The summed E-state index contributed by atoms with van der Waals surface area (Å²) in [5.41, 5.74) is 4.12. The maximum Gasteiger partial charge on any atom is 0.335 e. The van der Waals surface area contributed by atoms with Gasteiger partial charge in [-0.05, 0) is 52.1 Å². The van der Waals surface area contributed by atoms with E-state index < -0.39 is 5.97 Å². The zero-order valence-electron chi connectivity index (χ0n) is 16.9. The van der Waals surface area contributed by atoms with Crippen molar-refractivity contribution >= 4 is 28.3 Å². The van der Waals surface area contributed by atoms with Crippen molar-refractivity contribution in [3.05, 3.63) is 113 Å². The van der Waals surface area contributed by atoms with Gasteiger partial charge in [-0.1, -0.05) is 72.8 Å². The summed E-state index contributed by atoms with van der Waals surface area (Å²) in [4.78, 5) is 26.7. The summed E-state index contributed by atoms with van der Waals surface area (Å²) in [5.74, 6) is -1.23. The zero-order chi connectivity index (χ0) is 21.4. The van der Waals surface area contributed by atoms with Gasteiger partial charge in [0.2, 0.25) is 5.91 Å². The smallest absolute Gasteiger partial charge is 0.335 e. The van der Waals surface area contributed by atoms with Crippen LogP contribution in [0.15, 0.2) is 91.0 Å². The normalized spacial score (nSPS) is 15.3. The Kier molecular flexibility index (Phi) is 4.75. The molecule has 4 aromatic rings. The minimum Gasteiger partial charge on any atom is -0.478 e. The van der Waals surface area contributed by atoms with Gasteiger partial charge in [-0.2, -0.15) is 0 Å². The van der Waals surface area contributed by atoms with E-state index >= 15 is 0 Å². The molecule has 0 fully saturated rings. The highest BCUT2D eigenvalue weighted by Gasteiger charge is 2.37. The average molecular weight is 407 g/mol. The lowest BCUT2D eigenvalue weighted by atomic mass is 9.92. The Hall–Kier alpha value is -3.92. The lowest BCUT2D eigenvalue weighted by Gasteiger charge is -2.19. The summed E-state index contributed by atoms with van der Waals surface area (Å²) in [5, 5.41) is 11.6. The fourth-order valence-electron chi connectivity index (χ4n) is 4.50. The van der Waals surface area contributed by atoms with E-state index in [2.05, 4.69) is 24.3 Å². The molecule has 0 radical (unpaired) electrons. The molecular formula is C27H21NO3. The molecule has 0 spiro atoms. The number of para-hydroxylation sites is 1. The molecule has 0 saturated heterocycles. The molecule has 1 aliphatic heterocycles. The molecule has 4 nitrogen and oxygen atoms in total. The van der Waals surface area contributed by atoms with Crippen LogP contribution >= 0.6 is 0 Å². The first-order valence-corrected chi connectivity index (χ1v) is 10.3. The van der Waals surface area contributed by atoms with Crippen LogP contribution in [0.2, 0.25) is 0 Å². The molecule has 152 valence electrons. The van der Waals surface area contributed by atoms with Crippen LogP contribution in [0.4, 0.5) is 5.69 Å². The van der Waals surface area contributed by atoms with Crippen molar-refractivity contribution in [2.45, 2.75) is 18.9 Å². The zero-order valence-corrected chi connectivity index (χ0v) is 16.9. The van der Waals surface area contributed by atoms with Gasteiger partial charge in [0, 0.05) is 5.69 Å². The number of hydrogen-bond donors (Lipinski definition) is 1. The Morgan fingerprint density at radius 3 is 2.48 bits per heavy atom. The van der Waals surface area contributed by atoms with E-state index in [0.717, 1.165) is 33.2 Å². The van der Waals surface area contributed by atoms with Crippen LogP contribution in [-0.4, -0.2) is 17.0 Å². The lowest BCUT2D eigenvalue weighted by molar-refractivity contribution is -0.119. The molecule has 0 aromatic heterocycles. The third kappa shape index (κ3) is 3.46. The Morgan fingerprint density at radius 1 is 0.871 bits per heavy atom. The first-order valence-electron chi connectivity index (χ1n) is 10.3. The van der Waals surface area contributed by atoms with E-state index in [1.807, 2.05) is 53.4 Å². The second kappa shape index (κ2) is 7.73. The van der Waals surface area contributed by atoms with Gasteiger partial charge < -0.3 is 10.0 Å². The highest BCUT2D eigenvalue weighted by Crippen LogP contribution is 2.40. The van der Waals surface area contributed by atoms with Crippen LogP contribution < -0.4 is 4.90 Å². The number of carbonyl (C=O) groups is 2. The standard InChI is InChI=1S/C27H21NO3/c29-26-24(16-18-7-5-10-20(15-18)27(30)31)23-13-3-4-14-25(23)28(26)17-21-11-6-9-19-8-1-2-12-22(19)21/h1-15,24H,16-17H2,(H,30,31). The molecule has 5 rings (SSSR count). The monoisotopic (exact) mass is 407 g/mol. The van der Waals surface area contributed by atoms with Crippen LogP contribution in [0, 0.1) is 0 Å². The topological polar surface area (TPSA) is 57.6 Å². The number of benzene rings is 4. The van der Waals surface area contributed by atoms with Crippen LogP contribution in [0.1, 0.15) is 33.0 Å². The number of amides is 1. The number of hydrogen-bond acceptors (Lipinski definition) is 2. The Bertz CT molecular complexity index is 1310. The van der Waals surface area contributed by atoms with Crippen LogP contribution in [0.25, 0.3) is 10.8 Å². The number of fused-ring (bicyclic) bond motifs is 2. The van der Waals surface area contributed by atoms with Crippen molar-refractivity contribution in [2.75, 3.05) is 4.90 Å². The summed E-state index contributed by atoms with van der Waals surface area (Å²) in [6.45, 7) is 0.503. The molecule has 4 heteroatoms. The third-order valence-electron chi connectivity index (χ3n) is 5.99. The molecule has 0 aliphatic carbocycles. The van der Waals surface area contributed by atoms with Crippen LogP contribution in [-0.2, 0) is 17.8 Å². The van der Waals surface area contributed by atoms with Gasteiger partial charge >= 0.3 is 5.97 Å². The van der Waals surface area contributed by atoms with Gasteiger partial charge in [0.25, 0.3) is 0 Å². The lowest BCUT2D eigenvalue weighted by Crippen LogP contribution is -2.29. The first-order chi connectivity index (χ1) is 15.1. The SMILES string of the molecule is O=C(O)c1cccc(CC2C(=O)N(Cc3cccc4ccccc34)c3ccccc32)c1. The predicted octanol–water partition coefficient (Wildman–Crippen LogP) is 5.41. The van der Waals surface area contributed by atoms with E-state index in [1.54, 1.807) is 18.2 Å². The second-order valence-electron chi connectivity index (χ2n) is 7.88. The van der Waals surface area contributed by atoms with Crippen LogP contribution in [0.3, 0.4) is 0 Å². The maximum absolute atomic E-state index is 13.5. The highest BCUT2D eigenvalue weighted by molar-refractivity contribution is 6.05. The molecular weight excluding hydrogens is 386 g/mol. The van der Waals surface area contributed by atoms with Gasteiger partial charge in [-0.15, -0.1) is 0 Å². The van der Waals surface area contributed by atoms with E-state index in [4.69, 9.17) is 0 Å². The quantitative estimate of drug-likeness (QED) is 0.481. The predicted molar refractivity (Wildman–Crippen MR) is 121 cm³/mol. The van der Waals surface area contributed by atoms with Gasteiger partial charge in [0.15, 0.2) is 0 Å². The van der Waals surface area contributed by atoms with E-state index in [-0.39, 0.29) is 17.4 Å².